The molecule has 0 spiro atoms. The normalized spacial score (nSPS) is 18.9. The van der Waals surface area contributed by atoms with Crippen LogP contribution >= 0.6 is 11.8 Å². The van der Waals surface area contributed by atoms with Crippen LogP contribution in [0.3, 0.4) is 0 Å². The molecule has 0 aromatic carbocycles. The SMILES string of the molecule is CCOc1n[nH]c(NC(=O)C2CSC(=O)N2)n1. The van der Waals surface area contributed by atoms with Gasteiger partial charge in [0.2, 0.25) is 11.9 Å². The van der Waals surface area contributed by atoms with Crippen molar-refractivity contribution in [1.82, 2.24) is 20.5 Å². The Morgan fingerprint density at radius 3 is 3.18 bits per heavy atom. The van der Waals surface area contributed by atoms with E-state index < -0.39 is 6.04 Å². The maximum atomic E-state index is 11.7. The quantitative estimate of drug-likeness (QED) is 0.698. The van der Waals surface area contributed by atoms with Crippen molar-refractivity contribution < 1.29 is 14.3 Å². The smallest absolute Gasteiger partial charge is 0.337 e. The highest BCUT2D eigenvalue weighted by Gasteiger charge is 2.28. The van der Waals surface area contributed by atoms with Gasteiger partial charge in [-0.25, -0.2) is 5.10 Å². The van der Waals surface area contributed by atoms with Crippen LogP contribution in [0.5, 0.6) is 6.01 Å². The second-order valence-electron chi connectivity index (χ2n) is 3.18. The topological polar surface area (TPSA) is 109 Å². The molecule has 1 aliphatic rings. The third-order valence-electron chi connectivity index (χ3n) is 1.97. The monoisotopic (exact) mass is 257 g/mol. The van der Waals surface area contributed by atoms with Crippen LogP contribution in [0.2, 0.25) is 0 Å². The number of aromatic nitrogens is 3. The first-order valence-electron chi connectivity index (χ1n) is 4.98. The predicted molar refractivity (Wildman–Crippen MR) is 61.0 cm³/mol. The Balaban J connectivity index is 1.91. The van der Waals surface area contributed by atoms with E-state index in [-0.39, 0.29) is 23.1 Å². The summed E-state index contributed by atoms with van der Waals surface area (Å²) >= 11 is 1.08. The molecule has 2 amide bonds. The van der Waals surface area contributed by atoms with E-state index in [0.29, 0.717) is 12.4 Å². The lowest BCUT2D eigenvalue weighted by Crippen LogP contribution is -2.38. The Hall–Kier alpha value is -1.77. The number of rotatable bonds is 4. The van der Waals surface area contributed by atoms with Crippen LogP contribution in [0.15, 0.2) is 0 Å². The molecule has 9 heteroatoms. The molecule has 1 fully saturated rings. The highest BCUT2D eigenvalue weighted by atomic mass is 32.2. The number of thioether (sulfide) groups is 1. The molecule has 92 valence electrons. The van der Waals surface area contributed by atoms with E-state index in [1.807, 2.05) is 0 Å². The van der Waals surface area contributed by atoms with Gasteiger partial charge in [-0.2, -0.15) is 4.98 Å². The molecule has 0 bridgehead atoms. The van der Waals surface area contributed by atoms with Crippen molar-refractivity contribution in [3.63, 3.8) is 0 Å². The van der Waals surface area contributed by atoms with Gasteiger partial charge in [0.1, 0.15) is 6.04 Å². The van der Waals surface area contributed by atoms with Crippen LogP contribution in [0.4, 0.5) is 10.7 Å². The first-order chi connectivity index (χ1) is 8.19. The average Bonchev–Trinajstić information content (AvgIpc) is 2.88. The summed E-state index contributed by atoms with van der Waals surface area (Å²) in [5, 5.41) is 11.1. The van der Waals surface area contributed by atoms with Gasteiger partial charge >= 0.3 is 6.01 Å². The van der Waals surface area contributed by atoms with Gasteiger partial charge < -0.3 is 10.1 Å². The lowest BCUT2D eigenvalue weighted by Gasteiger charge is -2.06. The average molecular weight is 257 g/mol. The fraction of sp³-hybridized carbons (Fsp3) is 0.500. The number of nitrogens with zero attached hydrogens (tertiary/aromatic N) is 2. The number of anilines is 1. The molecule has 1 aromatic heterocycles. The first kappa shape index (κ1) is 11.7. The zero-order valence-corrected chi connectivity index (χ0v) is 9.84. The highest BCUT2D eigenvalue weighted by Crippen LogP contribution is 2.14. The molecule has 17 heavy (non-hydrogen) atoms. The van der Waals surface area contributed by atoms with Crippen molar-refractivity contribution in [2.75, 3.05) is 17.7 Å². The number of amides is 2. The second-order valence-corrected chi connectivity index (χ2v) is 4.18. The van der Waals surface area contributed by atoms with E-state index in [9.17, 15) is 9.59 Å². The lowest BCUT2D eigenvalue weighted by molar-refractivity contribution is -0.117. The summed E-state index contributed by atoms with van der Waals surface area (Å²) in [7, 11) is 0. The molecule has 0 saturated carbocycles. The Morgan fingerprint density at radius 2 is 2.53 bits per heavy atom. The summed E-state index contributed by atoms with van der Waals surface area (Å²) in [5.74, 6) is 0.282. The van der Waals surface area contributed by atoms with E-state index in [1.54, 1.807) is 6.92 Å². The molecule has 0 radical (unpaired) electrons. The molecule has 1 aliphatic heterocycles. The minimum Gasteiger partial charge on any atom is -0.463 e. The predicted octanol–water partition coefficient (Wildman–Crippen LogP) is -0.0331. The van der Waals surface area contributed by atoms with E-state index in [1.165, 1.54) is 0 Å². The second kappa shape index (κ2) is 5.04. The molecule has 1 saturated heterocycles. The summed E-state index contributed by atoms with van der Waals surface area (Å²) in [5.41, 5.74) is 0. The molecular formula is C8H11N5O3S. The third kappa shape index (κ3) is 2.87. The van der Waals surface area contributed by atoms with Gasteiger partial charge in [0.25, 0.3) is 5.24 Å². The van der Waals surface area contributed by atoms with Gasteiger partial charge in [0.05, 0.1) is 6.61 Å². The number of carbonyl (C=O) groups is 2. The minimum atomic E-state index is -0.534. The maximum absolute atomic E-state index is 11.7. The molecular weight excluding hydrogens is 246 g/mol. The Labute approximate surface area is 101 Å². The molecule has 8 nitrogen and oxygen atoms in total. The standard InChI is InChI=1S/C8H11N5O3S/c1-2-16-7-11-6(12-13-7)10-5(14)4-3-17-8(15)9-4/h4H,2-3H2,1H3,(H,9,15)(H2,10,11,12,13,14). The van der Waals surface area contributed by atoms with Gasteiger partial charge in [-0.05, 0) is 6.92 Å². The zero-order valence-electron chi connectivity index (χ0n) is 9.02. The number of hydrogen-bond acceptors (Lipinski definition) is 6. The van der Waals surface area contributed by atoms with Crippen LogP contribution < -0.4 is 15.4 Å². The van der Waals surface area contributed by atoms with Crippen LogP contribution in [0.25, 0.3) is 0 Å². The van der Waals surface area contributed by atoms with Gasteiger partial charge in [0, 0.05) is 5.75 Å². The van der Waals surface area contributed by atoms with Crippen molar-refractivity contribution >= 4 is 28.9 Å². The number of carbonyl (C=O) groups excluding carboxylic acids is 2. The van der Waals surface area contributed by atoms with Gasteiger partial charge in [-0.1, -0.05) is 11.8 Å². The molecule has 1 unspecified atom stereocenters. The Kier molecular flexibility index (Phi) is 3.47. The highest BCUT2D eigenvalue weighted by molar-refractivity contribution is 8.14. The van der Waals surface area contributed by atoms with Crippen LogP contribution in [-0.4, -0.2) is 44.7 Å². The fourth-order valence-corrected chi connectivity index (χ4v) is 2.00. The molecule has 0 aliphatic carbocycles. The summed E-state index contributed by atoms with van der Waals surface area (Å²) in [6, 6.07) is -0.360. The number of ether oxygens (including phenoxy) is 1. The summed E-state index contributed by atoms with van der Waals surface area (Å²) in [4.78, 5) is 26.5. The fourth-order valence-electron chi connectivity index (χ4n) is 1.23. The van der Waals surface area contributed by atoms with Crippen LogP contribution in [0.1, 0.15) is 6.92 Å². The van der Waals surface area contributed by atoms with Crippen LogP contribution in [-0.2, 0) is 4.79 Å². The molecule has 2 heterocycles. The van der Waals surface area contributed by atoms with Gasteiger partial charge in [-0.3, -0.25) is 14.9 Å². The number of hydrogen-bond donors (Lipinski definition) is 3. The largest absolute Gasteiger partial charge is 0.463 e. The summed E-state index contributed by atoms with van der Waals surface area (Å²) in [6.07, 6.45) is 0. The summed E-state index contributed by atoms with van der Waals surface area (Å²) < 4.78 is 5.03. The van der Waals surface area contributed by atoms with E-state index in [4.69, 9.17) is 4.74 Å². The van der Waals surface area contributed by atoms with E-state index in [2.05, 4.69) is 25.8 Å². The van der Waals surface area contributed by atoms with Crippen molar-refractivity contribution in [3.8, 4) is 6.01 Å². The van der Waals surface area contributed by atoms with Gasteiger partial charge in [0.15, 0.2) is 0 Å². The number of nitrogens with one attached hydrogen (secondary N) is 3. The molecule has 1 atom stereocenters. The van der Waals surface area contributed by atoms with E-state index in [0.717, 1.165) is 11.8 Å². The maximum Gasteiger partial charge on any atom is 0.337 e. The van der Waals surface area contributed by atoms with Crippen molar-refractivity contribution in [3.05, 3.63) is 0 Å². The van der Waals surface area contributed by atoms with Crippen molar-refractivity contribution in [1.29, 1.82) is 0 Å². The van der Waals surface area contributed by atoms with Gasteiger partial charge in [-0.15, -0.1) is 5.10 Å². The number of aromatic amines is 1. The van der Waals surface area contributed by atoms with Crippen molar-refractivity contribution in [2.45, 2.75) is 13.0 Å². The minimum absolute atomic E-state index is 0.174. The Bertz CT molecular complexity index is 435. The molecule has 3 N–H and O–H groups in total. The van der Waals surface area contributed by atoms with E-state index >= 15 is 0 Å². The molecule has 2 rings (SSSR count). The summed E-state index contributed by atoms with van der Waals surface area (Å²) in [6.45, 7) is 2.25. The van der Waals surface area contributed by atoms with Crippen LogP contribution in [0, 0.1) is 0 Å². The lowest BCUT2D eigenvalue weighted by atomic mass is 10.3. The van der Waals surface area contributed by atoms with Crippen molar-refractivity contribution in [2.24, 2.45) is 0 Å². The zero-order chi connectivity index (χ0) is 12.3. The first-order valence-corrected chi connectivity index (χ1v) is 5.97. The Morgan fingerprint density at radius 1 is 1.71 bits per heavy atom. The number of H-pyrrole nitrogens is 1. The molecule has 1 aromatic rings. The third-order valence-corrected chi connectivity index (χ3v) is 2.85.